The molecule has 0 fully saturated rings. The van der Waals surface area contributed by atoms with E-state index in [1.54, 1.807) is 7.11 Å². The van der Waals surface area contributed by atoms with E-state index in [9.17, 15) is 0 Å². The molecular weight excluding hydrogens is 218 g/mol. The number of rotatable bonds is 12. The number of nitrogens with one attached hydrogen (secondary N) is 1. The molecule has 0 saturated carbocycles. The standard InChI is InChI=1S/C13H29NO3/c1-5-13(12(2)3)14-6-7-16-10-11-17-9-8-15-4/h12-14H,5-11H2,1-4H3. The summed E-state index contributed by atoms with van der Waals surface area (Å²) in [5.74, 6) is 0.678. The Kier molecular flexibility index (Phi) is 12.2. The maximum Gasteiger partial charge on any atom is 0.0701 e. The van der Waals surface area contributed by atoms with E-state index >= 15 is 0 Å². The Morgan fingerprint density at radius 1 is 0.941 bits per heavy atom. The van der Waals surface area contributed by atoms with E-state index in [2.05, 4.69) is 26.1 Å². The van der Waals surface area contributed by atoms with Crippen LogP contribution in [0.4, 0.5) is 0 Å². The molecule has 0 radical (unpaired) electrons. The molecule has 0 aromatic carbocycles. The summed E-state index contributed by atoms with van der Waals surface area (Å²) in [5, 5.41) is 3.49. The van der Waals surface area contributed by atoms with Gasteiger partial charge in [0.1, 0.15) is 0 Å². The highest BCUT2D eigenvalue weighted by Gasteiger charge is 2.08. The van der Waals surface area contributed by atoms with Crippen molar-refractivity contribution in [2.45, 2.75) is 33.2 Å². The molecule has 0 rings (SSSR count). The molecule has 0 heterocycles. The van der Waals surface area contributed by atoms with Gasteiger partial charge in [-0.3, -0.25) is 0 Å². The number of hydrogen-bond acceptors (Lipinski definition) is 4. The van der Waals surface area contributed by atoms with Crippen LogP contribution in [0.5, 0.6) is 0 Å². The van der Waals surface area contributed by atoms with Crippen molar-refractivity contribution in [1.82, 2.24) is 5.32 Å². The van der Waals surface area contributed by atoms with Crippen molar-refractivity contribution in [3.63, 3.8) is 0 Å². The summed E-state index contributed by atoms with van der Waals surface area (Å²) in [6, 6.07) is 0.594. The molecule has 0 spiro atoms. The van der Waals surface area contributed by atoms with Crippen LogP contribution in [0.25, 0.3) is 0 Å². The predicted octanol–water partition coefficient (Wildman–Crippen LogP) is 1.69. The van der Waals surface area contributed by atoms with E-state index in [0.29, 0.717) is 38.4 Å². The van der Waals surface area contributed by atoms with E-state index in [-0.39, 0.29) is 0 Å². The fraction of sp³-hybridized carbons (Fsp3) is 1.00. The molecule has 0 aliphatic carbocycles. The molecule has 0 aromatic heterocycles. The van der Waals surface area contributed by atoms with E-state index in [0.717, 1.165) is 19.6 Å². The van der Waals surface area contributed by atoms with Gasteiger partial charge in [0.2, 0.25) is 0 Å². The largest absolute Gasteiger partial charge is 0.382 e. The molecule has 0 aromatic rings. The zero-order valence-corrected chi connectivity index (χ0v) is 11.8. The third-order valence-corrected chi connectivity index (χ3v) is 2.70. The Morgan fingerprint density at radius 2 is 1.53 bits per heavy atom. The summed E-state index contributed by atoms with van der Waals surface area (Å²) in [4.78, 5) is 0. The lowest BCUT2D eigenvalue weighted by molar-refractivity contribution is 0.0250. The zero-order chi connectivity index (χ0) is 12.9. The summed E-state index contributed by atoms with van der Waals surface area (Å²) in [7, 11) is 1.67. The van der Waals surface area contributed by atoms with E-state index in [1.165, 1.54) is 0 Å². The first-order chi connectivity index (χ1) is 8.22. The van der Waals surface area contributed by atoms with Gasteiger partial charge in [-0.1, -0.05) is 20.8 Å². The highest BCUT2D eigenvalue weighted by atomic mass is 16.5. The molecule has 1 atom stereocenters. The second kappa shape index (κ2) is 12.3. The van der Waals surface area contributed by atoms with Crippen LogP contribution in [0.3, 0.4) is 0 Å². The van der Waals surface area contributed by atoms with Gasteiger partial charge >= 0.3 is 0 Å². The van der Waals surface area contributed by atoms with Gasteiger partial charge < -0.3 is 19.5 Å². The zero-order valence-electron chi connectivity index (χ0n) is 11.8. The van der Waals surface area contributed by atoms with E-state index in [1.807, 2.05) is 0 Å². The lowest BCUT2D eigenvalue weighted by atomic mass is 10.0. The first-order valence-electron chi connectivity index (χ1n) is 6.60. The minimum Gasteiger partial charge on any atom is -0.382 e. The molecule has 17 heavy (non-hydrogen) atoms. The van der Waals surface area contributed by atoms with Gasteiger partial charge in [-0.2, -0.15) is 0 Å². The molecule has 0 aliphatic rings. The Hall–Kier alpha value is -0.160. The van der Waals surface area contributed by atoms with Gasteiger partial charge in [0.15, 0.2) is 0 Å². The summed E-state index contributed by atoms with van der Waals surface area (Å²) < 4.78 is 15.6. The van der Waals surface area contributed by atoms with Gasteiger partial charge in [0, 0.05) is 19.7 Å². The average molecular weight is 247 g/mol. The van der Waals surface area contributed by atoms with Crippen LogP contribution >= 0.6 is 0 Å². The third-order valence-electron chi connectivity index (χ3n) is 2.70. The SMILES string of the molecule is CCC(NCCOCCOCCOC)C(C)C. The monoisotopic (exact) mass is 247 g/mol. The maximum atomic E-state index is 5.46. The van der Waals surface area contributed by atoms with Crippen molar-refractivity contribution in [3.8, 4) is 0 Å². The van der Waals surface area contributed by atoms with Crippen molar-refractivity contribution in [1.29, 1.82) is 0 Å². The number of ether oxygens (including phenoxy) is 3. The van der Waals surface area contributed by atoms with Crippen molar-refractivity contribution in [3.05, 3.63) is 0 Å². The molecule has 0 bridgehead atoms. The summed E-state index contributed by atoms with van der Waals surface area (Å²) in [6.45, 7) is 10.9. The van der Waals surface area contributed by atoms with E-state index in [4.69, 9.17) is 14.2 Å². The first kappa shape index (κ1) is 16.8. The highest BCUT2D eigenvalue weighted by Crippen LogP contribution is 2.04. The van der Waals surface area contributed by atoms with Crippen LogP contribution in [0.15, 0.2) is 0 Å². The van der Waals surface area contributed by atoms with Crippen LogP contribution in [0, 0.1) is 5.92 Å². The average Bonchev–Trinajstić information content (AvgIpc) is 2.31. The second-order valence-electron chi connectivity index (χ2n) is 4.43. The molecule has 4 nitrogen and oxygen atoms in total. The smallest absolute Gasteiger partial charge is 0.0701 e. The lowest BCUT2D eigenvalue weighted by Crippen LogP contribution is -2.35. The summed E-state index contributed by atoms with van der Waals surface area (Å²) in [6.07, 6.45) is 1.16. The van der Waals surface area contributed by atoms with Crippen molar-refractivity contribution in [2.75, 3.05) is 46.7 Å². The van der Waals surface area contributed by atoms with Gasteiger partial charge in [-0.25, -0.2) is 0 Å². The molecule has 1 N–H and O–H groups in total. The molecule has 1 unspecified atom stereocenters. The molecule has 4 heteroatoms. The quantitative estimate of drug-likeness (QED) is 0.533. The fourth-order valence-electron chi connectivity index (χ4n) is 1.63. The molecule has 0 saturated heterocycles. The van der Waals surface area contributed by atoms with Crippen molar-refractivity contribution >= 4 is 0 Å². The maximum absolute atomic E-state index is 5.46. The Labute approximate surface area is 106 Å². The van der Waals surface area contributed by atoms with E-state index < -0.39 is 0 Å². The molecule has 0 amide bonds. The van der Waals surface area contributed by atoms with Crippen molar-refractivity contribution < 1.29 is 14.2 Å². The highest BCUT2D eigenvalue weighted by molar-refractivity contribution is 4.67. The predicted molar refractivity (Wildman–Crippen MR) is 70.4 cm³/mol. The van der Waals surface area contributed by atoms with Gasteiger partial charge in [0.05, 0.1) is 33.0 Å². The van der Waals surface area contributed by atoms with Crippen LogP contribution < -0.4 is 5.32 Å². The minimum absolute atomic E-state index is 0.594. The number of hydrogen-bond donors (Lipinski definition) is 1. The molecule has 0 aliphatic heterocycles. The summed E-state index contributed by atoms with van der Waals surface area (Å²) in [5.41, 5.74) is 0. The van der Waals surface area contributed by atoms with Crippen LogP contribution in [0.2, 0.25) is 0 Å². The third kappa shape index (κ3) is 10.7. The second-order valence-corrected chi connectivity index (χ2v) is 4.43. The molecule has 104 valence electrons. The Bertz CT molecular complexity index is 154. The topological polar surface area (TPSA) is 39.7 Å². The fourth-order valence-corrected chi connectivity index (χ4v) is 1.63. The van der Waals surface area contributed by atoms with Gasteiger partial charge in [0.25, 0.3) is 0 Å². The van der Waals surface area contributed by atoms with Gasteiger partial charge in [-0.15, -0.1) is 0 Å². The Balaban J connectivity index is 3.17. The van der Waals surface area contributed by atoms with Crippen LogP contribution in [0.1, 0.15) is 27.2 Å². The molecular formula is C13H29NO3. The van der Waals surface area contributed by atoms with Crippen LogP contribution in [-0.4, -0.2) is 52.7 Å². The Morgan fingerprint density at radius 3 is 2.06 bits per heavy atom. The number of methoxy groups -OCH3 is 1. The van der Waals surface area contributed by atoms with Crippen LogP contribution in [-0.2, 0) is 14.2 Å². The van der Waals surface area contributed by atoms with Crippen molar-refractivity contribution in [2.24, 2.45) is 5.92 Å². The van der Waals surface area contributed by atoms with Gasteiger partial charge in [-0.05, 0) is 12.3 Å². The summed E-state index contributed by atoms with van der Waals surface area (Å²) >= 11 is 0. The lowest BCUT2D eigenvalue weighted by Gasteiger charge is -2.20. The minimum atomic E-state index is 0.594. The first-order valence-corrected chi connectivity index (χ1v) is 6.60. The normalized spacial score (nSPS) is 13.2.